The Morgan fingerprint density at radius 2 is 1.95 bits per heavy atom. The molecule has 2 rings (SSSR count). The molecular weight excluding hydrogens is 278 g/mol. The fourth-order valence-electron chi connectivity index (χ4n) is 1.57. The largest absolute Gasteiger partial charge is 0.456 e. The van der Waals surface area contributed by atoms with Crippen molar-refractivity contribution in [3.8, 4) is 23.3 Å². The van der Waals surface area contributed by atoms with Crippen molar-refractivity contribution in [2.24, 2.45) is 0 Å². The lowest BCUT2D eigenvalue weighted by Crippen LogP contribution is -2.01. The SMILES string of the molecule is CC(=O)Oc1cccc(Oc2ccc(Cl)cc2C#N)c1. The topological polar surface area (TPSA) is 59.3 Å². The zero-order valence-electron chi connectivity index (χ0n) is 10.6. The van der Waals surface area contributed by atoms with Gasteiger partial charge in [0.2, 0.25) is 0 Å². The molecule has 0 bridgehead atoms. The summed E-state index contributed by atoms with van der Waals surface area (Å²) in [6.07, 6.45) is 0. The van der Waals surface area contributed by atoms with E-state index >= 15 is 0 Å². The smallest absolute Gasteiger partial charge is 0.308 e. The van der Waals surface area contributed by atoms with Crippen molar-refractivity contribution in [3.05, 3.63) is 53.1 Å². The molecule has 0 aliphatic carbocycles. The summed E-state index contributed by atoms with van der Waals surface area (Å²) in [5.41, 5.74) is 0.329. The first-order valence-electron chi connectivity index (χ1n) is 5.74. The molecule has 0 aliphatic rings. The molecule has 2 aromatic carbocycles. The van der Waals surface area contributed by atoms with Crippen molar-refractivity contribution in [2.45, 2.75) is 6.92 Å². The summed E-state index contributed by atoms with van der Waals surface area (Å²) >= 11 is 5.82. The quantitative estimate of drug-likeness (QED) is 0.634. The number of ether oxygens (including phenoxy) is 2. The van der Waals surface area contributed by atoms with E-state index in [0.717, 1.165) is 0 Å². The zero-order chi connectivity index (χ0) is 14.5. The van der Waals surface area contributed by atoms with Gasteiger partial charge in [-0.15, -0.1) is 0 Å². The third-order valence-corrected chi connectivity index (χ3v) is 2.59. The van der Waals surface area contributed by atoms with Gasteiger partial charge in [-0.3, -0.25) is 4.79 Å². The first-order valence-corrected chi connectivity index (χ1v) is 6.12. The summed E-state index contributed by atoms with van der Waals surface area (Å²) in [6.45, 7) is 1.32. The van der Waals surface area contributed by atoms with Gasteiger partial charge in [0.1, 0.15) is 23.3 Å². The predicted molar refractivity (Wildman–Crippen MR) is 74.0 cm³/mol. The van der Waals surface area contributed by atoms with Gasteiger partial charge in [0.25, 0.3) is 0 Å². The standard InChI is InChI=1S/C15H10ClNO3/c1-10(18)19-13-3-2-4-14(8-13)20-15-6-5-12(16)7-11(15)9-17/h2-8H,1H3. The van der Waals surface area contributed by atoms with Gasteiger partial charge in [0, 0.05) is 18.0 Å². The summed E-state index contributed by atoms with van der Waals surface area (Å²) < 4.78 is 10.6. The number of carbonyl (C=O) groups is 1. The van der Waals surface area contributed by atoms with Crippen LogP contribution in [0.15, 0.2) is 42.5 Å². The number of hydrogen-bond acceptors (Lipinski definition) is 4. The maximum atomic E-state index is 10.9. The van der Waals surface area contributed by atoms with Crippen molar-refractivity contribution in [3.63, 3.8) is 0 Å². The third kappa shape index (κ3) is 3.50. The molecule has 0 aromatic heterocycles. The van der Waals surface area contributed by atoms with Crippen LogP contribution in [0.5, 0.6) is 17.2 Å². The van der Waals surface area contributed by atoms with E-state index < -0.39 is 5.97 Å². The first-order chi connectivity index (χ1) is 9.58. The van der Waals surface area contributed by atoms with E-state index in [1.165, 1.54) is 13.0 Å². The highest BCUT2D eigenvalue weighted by Gasteiger charge is 2.07. The van der Waals surface area contributed by atoms with Crippen molar-refractivity contribution < 1.29 is 14.3 Å². The van der Waals surface area contributed by atoms with Gasteiger partial charge in [0.05, 0.1) is 5.56 Å². The van der Waals surface area contributed by atoms with Crippen LogP contribution in [0.3, 0.4) is 0 Å². The minimum atomic E-state index is -0.411. The number of nitrogens with zero attached hydrogens (tertiary/aromatic N) is 1. The maximum absolute atomic E-state index is 10.9. The summed E-state index contributed by atoms with van der Waals surface area (Å²) in [6, 6.07) is 13.4. The second-order valence-electron chi connectivity index (χ2n) is 3.92. The lowest BCUT2D eigenvalue weighted by molar-refractivity contribution is -0.131. The van der Waals surface area contributed by atoms with Crippen LogP contribution in [0.4, 0.5) is 0 Å². The minimum absolute atomic E-state index is 0.329. The van der Waals surface area contributed by atoms with Crippen molar-refractivity contribution >= 4 is 17.6 Å². The Morgan fingerprint density at radius 3 is 2.65 bits per heavy atom. The molecule has 0 spiro atoms. The van der Waals surface area contributed by atoms with Gasteiger partial charge >= 0.3 is 5.97 Å². The molecule has 0 saturated carbocycles. The molecule has 5 heteroatoms. The van der Waals surface area contributed by atoms with E-state index in [1.54, 1.807) is 36.4 Å². The van der Waals surface area contributed by atoms with E-state index in [4.69, 9.17) is 26.3 Å². The number of rotatable bonds is 3. The summed E-state index contributed by atoms with van der Waals surface area (Å²) in [4.78, 5) is 10.9. The lowest BCUT2D eigenvalue weighted by Gasteiger charge is -2.09. The van der Waals surface area contributed by atoms with Gasteiger partial charge in [-0.05, 0) is 30.3 Å². The Balaban J connectivity index is 2.26. The lowest BCUT2D eigenvalue weighted by atomic mass is 10.2. The van der Waals surface area contributed by atoms with Crippen LogP contribution >= 0.6 is 11.6 Å². The second kappa shape index (κ2) is 6.09. The fourth-order valence-corrected chi connectivity index (χ4v) is 1.74. The number of benzene rings is 2. The third-order valence-electron chi connectivity index (χ3n) is 2.36. The van der Waals surface area contributed by atoms with E-state index in [0.29, 0.717) is 27.8 Å². The highest BCUT2D eigenvalue weighted by molar-refractivity contribution is 6.30. The normalized spacial score (nSPS) is 9.65. The number of carbonyl (C=O) groups excluding carboxylic acids is 1. The van der Waals surface area contributed by atoms with Gasteiger partial charge in [-0.1, -0.05) is 17.7 Å². The van der Waals surface area contributed by atoms with E-state index in [-0.39, 0.29) is 0 Å². The average Bonchev–Trinajstić information content (AvgIpc) is 2.40. The molecule has 0 heterocycles. The molecule has 0 N–H and O–H groups in total. The number of nitriles is 1. The van der Waals surface area contributed by atoms with Crippen LogP contribution in [0.1, 0.15) is 12.5 Å². The van der Waals surface area contributed by atoms with Crippen LogP contribution in [-0.4, -0.2) is 5.97 Å². The summed E-state index contributed by atoms with van der Waals surface area (Å²) in [5.74, 6) is 0.813. The molecular formula is C15H10ClNO3. The Morgan fingerprint density at radius 1 is 1.20 bits per heavy atom. The maximum Gasteiger partial charge on any atom is 0.308 e. The molecule has 0 amide bonds. The van der Waals surface area contributed by atoms with Crippen molar-refractivity contribution in [2.75, 3.05) is 0 Å². The molecule has 0 saturated heterocycles. The zero-order valence-corrected chi connectivity index (χ0v) is 11.3. The highest BCUT2D eigenvalue weighted by Crippen LogP contribution is 2.29. The molecule has 100 valence electrons. The van der Waals surface area contributed by atoms with E-state index in [1.807, 2.05) is 6.07 Å². The van der Waals surface area contributed by atoms with Gasteiger partial charge in [-0.25, -0.2) is 0 Å². The van der Waals surface area contributed by atoms with Crippen molar-refractivity contribution in [1.82, 2.24) is 0 Å². The fraction of sp³-hybridized carbons (Fsp3) is 0.0667. The number of halogens is 1. The number of esters is 1. The summed E-state index contributed by atoms with van der Waals surface area (Å²) in [7, 11) is 0. The molecule has 0 fully saturated rings. The van der Waals surface area contributed by atoms with Gasteiger partial charge < -0.3 is 9.47 Å². The van der Waals surface area contributed by atoms with E-state index in [2.05, 4.69) is 0 Å². The minimum Gasteiger partial charge on any atom is -0.456 e. The van der Waals surface area contributed by atoms with Gasteiger partial charge in [0.15, 0.2) is 0 Å². The van der Waals surface area contributed by atoms with Crippen LogP contribution in [-0.2, 0) is 4.79 Å². The van der Waals surface area contributed by atoms with Crippen molar-refractivity contribution in [1.29, 1.82) is 5.26 Å². The average molecular weight is 288 g/mol. The van der Waals surface area contributed by atoms with Gasteiger partial charge in [-0.2, -0.15) is 5.26 Å². The molecule has 0 atom stereocenters. The highest BCUT2D eigenvalue weighted by atomic mass is 35.5. The molecule has 0 aliphatic heterocycles. The Kier molecular flexibility index (Phi) is 4.24. The van der Waals surface area contributed by atoms with E-state index in [9.17, 15) is 4.79 Å². The Bertz CT molecular complexity index is 692. The first kappa shape index (κ1) is 13.9. The Labute approximate surface area is 121 Å². The Hall–Kier alpha value is -2.51. The summed E-state index contributed by atoms with van der Waals surface area (Å²) in [5, 5.41) is 9.50. The number of hydrogen-bond donors (Lipinski definition) is 0. The molecule has 4 nitrogen and oxygen atoms in total. The second-order valence-corrected chi connectivity index (χ2v) is 4.36. The van der Waals surface area contributed by atoms with Crippen LogP contribution in [0.25, 0.3) is 0 Å². The molecule has 2 aromatic rings. The van der Waals surface area contributed by atoms with Crippen LogP contribution in [0.2, 0.25) is 5.02 Å². The monoisotopic (exact) mass is 287 g/mol. The van der Waals surface area contributed by atoms with Crippen LogP contribution in [0, 0.1) is 11.3 Å². The molecule has 20 heavy (non-hydrogen) atoms. The molecule has 0 unspecified atom stereocenters. The predicted octanol–water partition coefficient (Wildman–Crippen LogP) is 3.93. The van der Waals surface area contributed by atoms with Crippen LogP contribution < -0.4 is 9.47 Å². The molecule has 0 radical (unpaired) electrons.